The fourth-order valence-corrected chi connectivity index (χ4v) is 5.73. The summed E-state index contributed by atoms with van der Waals surface area (Å²) in [5, 5.41) is 30.2. The number of phenolic OH excluding ortho intramolecular Hbond substituents is 1. The van der Waals surface area contributed by atoms with Gasteiger partial charge in [0, 0.05) is 18.5 Å². The number of carbonyl (C=O) groups is 1. The minimum Gasteiger partial charge on any atom is -0.505 e. The van der Waals surface area contributed by atoms with Crippen LogP contribution in [-0.2, 0) is 14.9 Å². The van der Waals surface area contributed by atoms with Crippen molar-refractivity contribution in [2.24, 2.45) is 10.2 Å². The van der Waals surface area contributed by atoms with Gasteiger partial charge in [-0.3, -0.25) is 9.54 Å². The highest BCUT2D eigenvalue weighted by molar-refractivity contribution is 8.19. The Morgan fingerprint density at radius 3 is 2.36 bits per heavy atom. The Balaban J connectivity index is 1.73. The fraction of sp³-hybridized carbons (Fsp3) is 0.167. The molecule has 0 saturated carbocycles. The van der Waals surface area contributed by atoms with Crippen LogP contribution in [0.25, 0.3) is 10.8 Å². The van der Waals surface area contributed by atoms with Crippen molar-refractivity contribution in [3.05, 3.63) is 58.5 Å². The number of benzene rings is 3. The molecule has 5 rings (SSSR count). The Hall–Kier alpha value is -4.70. The topological polar surface area (TPSA) is 280 Å². The molecule has 0 spiro atoms. The van der Waals surface area contributed by atoms with Gasteiger partial charge in [-0.05, 0) is 30.3 Å². The van der Waals surface area contributed by atoms with Gasteiger partial charge in [0.15, 0.2) is 5.75 Å². The molecule has 1 aliphatic heterocycles. The lowest BCUT2D eigenvalue weighted by molar-refractivity contribution is 0.0697. The first-order valence-electron chi connectivity index (χ1n) is 12.4. The molecule has 44 heavy (non-hydrogen) atoms. The number of carboxylic acid groups (broad SMARTS) is 1. The van der Waals surface area contributed by atoms with E-state index in [1.165, 1.54) is 24.3 Å². The maximum atomic E-state index is 12.3. The summed E-state index contributed by atoms with van der Waals surface area (Å²) >= 11 is 0. The minimum absolute atomic E-state index is 0.0470. The van der Waals surface area contributed by atoms with Crippen molar-refractivity contribution in [2.45, 2.75) is 9.79 Å². The summed E-state index contributed by atoms with van der Waals surface area (Å²) in [6, 6.07) is 8.11. The molecule has 1 fully saturated rings. The highest BCUT2D eigenvalue weighted by Crippen LogP contribution is 2.56. The summed E-state index contributed by atoms with van der Waals surface area (Å²) < 4.78 is 70.2. The molecule has 0 aliphatic carbocycles. The molecule has 232 valence electrons. The molecule has 1 aliphatic rings. The average Bonchev–Trinajstić information content (AvgIpc) is 2.95. The van der Waals surface area contributed by atoms with Gasteiger partial charge < -0.3 is 38.8 Å². The number of H-pyrrole nitrogens is 1. The van der Waals surface area contributed by atoms with Crippen molar-refractivity contribution in [1.82, 2.24) is 15.0 Å². The average molecular weight is 650 g/mol. The van der Waals surface area contributed by atoms with Crippen molar-refractivity contribution in [2.75, 3.05) is 36.5 Å². The lowest BCUT2D eigenvalue weighted by atomic mass is 10.1. The van der Waals surface area contributed by atoms with E-state index in [2.05, 4.69) is 30.5 Å². The number of fused-ring (bicyclic) bond motifs is 1. The predicted molar refractivity (Wildman–Crippen MR) is 156 cm³/mol. The van der Waals surface area contributed by atoms with Gasteiger partial charge in [0.05, 0.1) is 34.7 Å². The number of aromatic hydroxyl groups is 1. The summed E-state index contributed by atoms with van der Waals surface area (Å²) in [4.78, 5) is 34.4. The van der Waals surface area contributed by atoms with E-state index in [1.54, 1.807) is 4.90 Å². The number of phenols is 1. The van der Waals surface area contributed by atoms with Gasteiger partial charge in [0.1, 0.15) is 27.1 Å². The standard InChI is InChI=1S/C24H23N7O11S2/c32-20-18-13(11-17(44(39,40)41)19(20)30-29-14-4-2-1-3-12(14)21(33)34)16(43(36,37)38)6-5-15(18)25-22-26-23(28-24(35)27-22)31-7-9-42-10-8-31/h1-6,11,32,39-41H,7-10H2,(H,33,34)(H,36,37,38)(H2,25,26,27,28,35). The molecule has 3 aromatic carbocycles. The van der Waals surface area contributed by atoms with Crippen LogP contribution in [-0.4, -0.2) is 84.1 Å². The molecule has 0 atom stereocenters. The van der Waals surface area contributed by atoms with E-state index in [4.69, 9.17) is 4.74 Å². The first kappa shape index (κ1) is 30.7. The number of aromatic nitrogens is 3. The number of hydrogen-bond donors (Lipinski definition) is 8. The Kier molecular flexibility index (Phi) is 8.22. The number of aromatic amines is 1. The maximum absolute atomic E-state index is 12.3. The van der Waals surface area contributed by atoms with E-state index in [0.717, 1.165) is 18.2 Å². The number of carboxylic acids is 1. The van der Waals surface area contributed by atoms with Gasteiger partial charge in [-0.1, -0.05) is 12.1 Å². The predicted octanol–water partition coefficient (Wildman–Crippen LogP) is 3.55. The zero-order valence-corrected chi connectivity index (χ0v) is 23.8. The quantitative estimate of drug-likeness (QED) is 0.100. The third-order valence-corrected chi connectivity index (χ3v) is 8.14. The third kappa shape index (κ3) is 6.30. The van der Waals surface area contributed by atoms with Crippen LogP contribution in [0.4, 0.5) is 29.0 Å². The summed E-state index contributed by atoms with van der Waals surface area (Å²) in [6.45, 7) is 1.53. The van der Waals surface area contributed by atoms with Crippen molar-refractivity contribution in [3.8, 4) is 5.75 Å². The van der Waals surface area contributed by atoms with Gasteiger partial charge in [0.2, 0.25) is 11.9 Å². The van der Waals surface area contributed by atoms with Gasteiger partial charge in [-0.15, -0.1) is 10.2 Å². The number of nitrogens with one attached hydrogen (secondary N) is 2. The Bertz CT molecular complexity index is 1970. The molecular weight excluding hydrogens is 626 g/mol. The highest BCUT2D eigenvalue weighted by atomic mass is 32.3. The number of hydrogen-bond acceptors (Lipinski definition) is 15. The smallest absolute Gasteiger partial charge is 0.351 e. The summed E-state index contributed by atoms with van der Waals surface area (Å²) in [6.07, 6.45) is 0. The maximum Gasteiger partial charge on any atom is 0.351 e. The second kappa shape index (κ2) is 11.8. The molecule has 18 nitrogen and oxygen atoms in total. The van der Waals surface area contributed by atoms with E-state index in [1.807, 2.05) is 0 Å². The zero-order valence-electron chi connectivity index (χ0n) is 22.1. The second-order valence-corrected chi connectivity index (χ2v) is 12.0. The number of azo groups is 1. The Morgan fingerprint density at radius 2 is 1.70 bits per heavy atom. The number of aromatic carboxylic acids is 1. The van der Waals surface area contributed by atoms with Crippen molar-refractivity contribution in [1.29, 1.82) is 0 Å². The molecule has 20 heteroatoms. The normalized spacial score (nSPS) is 14.7. The van der Waals surface area contributed by atoms with Gasteiger partial charge in [0.25, 0.3) is 10.1 Å². The molecule has 0 radical (unpaired) electrons. The van der Waals surface area contributed by atoms with Crippen molar-refractivity contribution >= 4 is 66.7 Å². The molecule has 8 N–H and O–H groups in total. The molecule has 0 amide bonds. The summed E-state index contributed by atoms with van der Waals surface area (Å²) in [5.41, 5.74) is -2.21. The highest BCUT2D eigenvalue weighted by Gasteiger charge is 2.29. The molecule has 1 saturated heterocycles. The SMILES string of the molecule is O=C(O)c1ccccc1N=Nc1c(S(O)(O)O)cc2c(S(=O)(=O)O)ccc(Nc3nc(N4CCOCC4)nc(=O)[nH]3)c2c1O. The zero-order chi connectivity index (χ0) is 31.8. The van der Waals surface area contributed by atoms with Crippen LogP contribution in [0.1, 0.15) is 10.4 Å². The van der Waals surface area contributed by atoms with Crippen molar-refractivity contribution in [3.63, 3.8) is 0 Å². The lowest BCUT2D eigenvalue weighted by Crippen LogP contribution is -2.38. The van der Waals surface area contributed by atoms with Crippen LogP contribution in [0.2, 0.25) is 0 Å². The largest absolute Gasteiger partial charge is 0.505 e. The third-order valence-electron chi connectivity index (χ3n) is 6.33. The van der Waals surface area contributed by atoms with Gasteiger partial charge in [-0.2, -0.15) is 18.4 Å². The van der Waals surface area contributed by atoms with Crippen LogP contribution in [0.3, 0.4) is 0 Å². The van der Waals surface area contributed by atoms with Crippen LogP contribution in [0, 0.1) is 0 Å². The van der Waals surface area contributed by atoms with Crippen LogP contribution in [0.15, 0.2) is 67.3 Å². The van der Waals surface area contributed by atoms with Gasteiger partial charge in [-0.25, -0.2) is 9.59 Å². The van der Waals surface area contributed by atoms with Crippen LogP contribution >= 0.6 is 10.9 Å². The molecule has 1 aromatic heterocycles. The molecule has 4 aromatic rings. The van der Waals surface area contributed by atoms with Gasteiger partial charge >= 0.3 is 11.7 Å². The number of ether oxygens (including phenoxy) is 1. The molecule has 2 heterocycles. The lowest BCUT2D eigenvalue weighted by Gasteiger charge is -2.26. The Labute approximate surface area is 248 Å². The van der Waals surface area contributed by atoms with E-state index < -0.39 is 64.6 Å². The van der Waals surface area contributed by atoms with E-state index in [9.17, 15) is 46.4 Å². The Morgan fingerprint density at radius 1 is 1.00 bits per heavy atom. The molecule has 0 bridgehead atoms. The first-order valence-corrected chi connectivity index (χ1v) is 15.3. The van der Waals surface area contributed by atoms with E-state index >= 15 is 0 Å². The van der Waals surface area contributed by atoms with Crippen LogP contribution in [0.5, 0.6) is 5.75 Å². The summed E-state index contributed by atoms with van der Waals surface area (Å²) in [5.74, 6) is -2.49. The van der Waals surface area contributed by atoms with Crippen molar-refractivity contribution < 1.29 is 46.4 Å². The first-order chi connectivity index (χ1) is 20.7. The second-order valence-electron chi connectivity index (χ2n) is 9.15. The fourth-order valence-electron chi connectivity index (χ4n) is 4.38. The number of nitrogens with zero attached hydrogens (tertiary/aromatic N) is 5. The monoisotopic (exact) mass is 649 g/mol. The minimum atomic E-state index is -5.01. The van der Waals surface area contributed by atoms with Crippen LogP contribution < -0.4 is 15.9 Å². The number of rotatable bonds is 8. The number of morpholine rings is 1. The number of anilines is 3. The summed E-state index contributed by atoms with van der Waals surface area (Å²) in [7, 11) is -9.75. The molecule has 0 unspecified atom stereocenters. The van der Waals surface area contributed by atoms with E-state index in [0.29, 0.717) is 26.3 Å². The molecular formula is C24H23N7O11S2. The van der Waals surface area contributed by atoms with E-state index in [-0.39, 0.29) is 28.8 Å².